The van der Waals surface area contributed by atoms with Gasteiger partial charge in [0.05, 0.1) is 18.2 Å². The van der Waals surface area contributed by atoms with E-state index >= 15 is 0 Å². The van der Waals surface area contributed by atoms with E-state index in [2.05, 4.69) is 9.97 Å². The highest BCUT2D eigenvalue weighted by Crippen LogP contribution is 2.23. The molecule has 0 atom stereocenters. The fourth-order valence-electron chi connectivity index (χ4n) is 1.17. The Morgan fingerprint density at radius 3 is 2.85 bits per heavy atom. The average molecular weight is 193 g/mol. The van der Waals surface area contributed by atoms with Crippen LogP contribution in [0, 0.1) is 6.92 Å². The molecule has 2 rings (SSSR count). The summed E-state index contributed by atoms with van der Waals surface area (Å²) in [5.74, 6) is 0. The highest BCUT2D eigenvalue weighted by atomic mass is 35.5. The van der Waals surface area contributed by atoms with Crippen molar-refractivity contribution < 1.29 is 0 Å². The maximum atomic E-state index is 6.00. The number of halogens is 1. The van der Waals surface area contributed by atoms with Crippen molar-refractivity contribution in [1.29, 1.82) is 0 Å². The van der Waals surface area contributed by atoms with Gasteiger partial charge >= 0.3 is 0 Å². The average Bonchev–Trinajstić information content (AvgIpc) is 2.62. The highest BCUT2D eigenvalue weighted by Gasteiger charge is 2.00. The monoisotopic (exact) mass is 192 g/mol. The van der Waals surface area contributed by atoms with E-state index in [4.69, 9.17) is 11.6 Å². The van der Waals surface area contributed by atoms with E-state index in [1.807, 2.05) is 25.1 Å². The van der Waals surface area contributed by atoms with Crippen LogP contribution in [-0.4, -0.2) is 9.97 Å². The zero-order valence-corrected chi connectivity index (χ0v) is 7.97. The van der Waals surface area contributed by atoms with E-state index in [0.29, 0.717) is 0 Å². The Morgan fingerprint density at radius 1 is 1.38 bits per heavy atom. The number of nitrogens with one attached hydrogen (secondary N) is 1. The first-order valence-corrected chi connectivity index (χ1v) is 4.40. The number of H-pyrrole nitrogens is 1. The number of hydrogen-bond donors (Lipinski definition) is 1. The van der Waals surface area contributed by atoms with E-state index in [1.54, 1.807) is 12.5 Å². The minimum Gasteiger partial charge on any atom is -0.345 e. The van der Waals surface area contributed by atoms with E-state index < -0.39 is 0 Å². The van der Waals surface area contributed by atoms with Crippen LogP contribution in [0.2, 0.25) is 5.02 Å². The van der Waals surface area contributed by atoms with Crippen molar-refractivity contribution in [2.75, 3.05) is 0 Å². The van der Waals surface area contributed by atoms with Crippen LogP contribution in [0.3, 0.4) is 0 Å². The lowest BCUT2D eigenvalue weighted by atomic mass is 10.1. The lowest BCUT2D eigenvalue weighted by Crippen LogP contribution is -1.79. The predicted octanol–water partition coefficient (Wildman–Crippen LogP) is 3.04. The van der Waals surface area contributed by atoms with Gasteiger partial charge in [0.2, 0.25) is 0 Å². The first-order valence-electron chi connectivity index (χ1n) is 4.02. The molecule has 0 bridgehead atoms. The largest absolute Gasteiger partial charge is 0.345 e. The smallest absolute Gasteiger partial charge is 0.0924 e. The summed E-state index contributed by atoms with van der Waals surface area (Å²) in [5, 5.41) is 0.784. The second-order valence-electron chi connectivity index (χ2n) is 2.93. The first kappa shape index (κ1) is 8.32. The van der Waals surface area contributed by atoms with E-state index in [0.717, 1.165) is 21.8 Å². The van der Waals surface area contributed by atoms with Crippen LogP contribution in [0.25, 0.3) is 11.3 Å². The van der Waals surface area contributed by atoms with Crippen LogP contribution in [0.4, 0.5) is 0 Å². The highest BCUT2D eigenvalue weighted by molar-refractivity contribution is 6.31. The van der Waals surface area contributed by atoms with Crippen LogP contribution in [0.5, 0.6) is 0 Å². The SMILES string of the molecule is Cc1ccc(-c2cnc[nH]2)cc1Cl. The minimum atomic E-state index is 0.784. The van der Waals surface area contributed by atoms with Gasteiger partial charge in [-0.2, -0.15) is 0 Å². The van der Waals surface area contributed by atoms with Crippen LogP contribution in [-0.2, 0) is 0 Å². The van der Waals surface area contributed by atoms with Crippen LogP contribution >= 0.6 is 11.6 Å². The molecule has 0 unspecified atom stereocenters. The second-order valence-corrected chi connectivity index (χ2v) is 3.34. The Bertz CT molecular complexity index is 407. The van der Waals surface area contributed by atoms with Crippen molar-refractivity contribution in [2.24, 2.45) is 0 Å². The van der Waals surface area contributed by atoms with Crippen molar-refractivity contribution in [3.8, 4) is 11.3 Å². The Kier molecular flexibility index (Phi) is 2.07. The number of benzene rings is 1. The summed E-state index contributed by atoms with van der Waals surface area (Å²) in [4.78, 5) is 6.98. The molecular formula is C10H9ClN2. The molecule has 66 valence electrons. The third kappa shape index (κ3) is 1.58. The summed E-state index contributed by atoms with van der Waals surface area (Å²) >= 11 is 6.00. The number of hydrogen-bond acceptors (Lipinski definition) is 1. The molecule has 1 aromatic heterocycles. The Labute approximate surface area is 81.6 Å². The number of aromatic nitrogens is 2. The Morgan fingerprint density at radius 2 is 2.23 bits per heavy atom. The van der Waals surface area contributed by atoms with Crippen molar-refractivity contribution in [2.45, 2.75) is 6.92 Å². The maximum Gasteiger partial charge on any atom is 0.0924 e. The van der Waals surface area contributed by atoms with Gasteiger partial charge in [0.1, 0.15) is 0 Å². The summed E-state index contributed by atoms with van der Waals surface area (Å²) in [6, 6.07) is 5.96. The Balaban J connectivity index is 2.49. The van der Waals surface area contributed by atoms with E-state index in [9.17, 15) is 0 Å². The van der Waals surface area contributed by atoms with Crippen LogP contribution in [0.1, 0.15) is 5.56 Å². The molecule has 0 aliphatic carbocycles. The summed E-state index contributed by atoms with van der Waals surface area (Å²) in [7, 11) is 0. The third-order valence-corrected chi connectivity index (χ3v) is 2.39. The summed E-state index contributed by atoms with van der Waals surface area (Å²) in [6.07, 6.45) is 3.43. The fraction of sp³-hybridized carbons (Fsp3) is 0.100. The van der Waals surface area contributed by atoms with Crippen molar-refractivity contribution in [1.82, 2.24) is 9.97 Å². The molecule has 1 aromatic carbocycles. The molecule has 0 radical (unpaired) electrons. The summed E-state index contributed by atoms with van der Waals surface area (Å²) < 4.78 is 0. The van der Waals surface area contributed by atoms with Crippen molar-refractivity contribution >= 4 is 11.6 Å². The lowest BCUT2D eigenvalue weighted by Gasteiger charge is -2.00. The normalized spacial score (nSPS) is 10.3. The van der Waals surface area contributed by atoms with Crippen LogP contribution in [0.15, 0.2) is 30.7 Å². The van der Waals surface area contributed by atoms with Gasteiger partial charge in [0, 0.05) is 10.6 Å². The minimum absolute atomic E-state index is 0.784. The molecule has 0 saturated carbocycles. The van der Waals surface area contributed by atoms with E-state index in [-0.39, 0.29) is 0 Å². The predicted molar refractivity (Wildman–Crippen MR) is 53.8 cm³/mol. The van der Waals surface area contributed by atoms with Gasteiger partial charge in [0.15, 0.2) is 0 Å². The molecular weight excluding hydrogens is 184 g/mol. The van der Waals surface area contributed by atoms with E-state index in [1.165, 1.54) is 0 Å². The molecule has 3 heteroatoms. The van der Waals surface area contributed by atoms with Gasteiger partial charge < -0.3 is 4.98 Å². The number of nitrogens with zero attached hydrogens (tertiary/aromatic N) is 1. The third-order valence-electron chi connectivity index (χ3n) is 1.98. The molecule has 1 heterocycles. The number of imidazole rings is 1. The second kappa shape index (κ2) is 3.23. The van der Waals surface area contributed by atoms with Gasteiger partial charge in [-0.3, -0.25) is 0 Å². The van der Waals surface area contributed by atoms with Gasteiger partial charge in [-0.25, -0.2) is 4.98 Å². The molecule has 0 saturated heterocycles. The fourth-order valence-corrected chi connectivity index (χ4v) is 1.35. The molecule has 13 heavy (non-hydrogen) atoms. The summed E-state index contributed by atoms with van der Waals surface area (Å²) in [5.41, 5.74) is 3.14. The van der Waals surface area contributed by atoms with Crippen molar-refractivity contribution in [3.05, 3.63) is 41.3 Å². The Hall–Kier alpha value is -1.28. The van der Waals surface area contributed by atoms with Gasteiger partial charge in [-0.1, -0.05) is 23.7 Å². The summed E-state index contributed by atoms with van der Waals surface area (Å²) in [6.45, 7) is 1.99. The first-order chi connectivity index (χ1) is 6.27. The molecule has 0 spiro atoms. The molecule has 2 aromatic rings. The zero-order chi connectivity index (χ0) is 9.26. The molecule has 0 amide bonds. The molecule has 0 fully saturated rings. The zero-order valence-electron chi connectivity index (χ0n) is 7.21. The molecule has 0 aliphatic heterocycles. The van der Waals surface area contributed by atoms with Gasteiger partial charge in [-0.15, -0.1) is 0 Å². The maximum absolute atomic E-state index is 6.00. The standard InChI is InChI=1S/C10H9ClN2/c1-7-2-3-8(4-9(7)11)10-5-12-6-13-10/h2-6H,1H3,(H,12,13). The number of aromatic amines is 1. The lowest BCUT2D eigenvalue weighted by molar-refractivity contribution is 1.31. The van der Waals surface area contributed by atoms with Crippen molar-refractivity contribution in [3.63, 3.8) is 0 Å². The quantitative estimate of drug-likeness (QED) is 0.739. The topological polar surface area (TPSA) is 28.7 Å². The number of aryl methyl sites for hydroxylation is 1. The molecule has 2 nitrogen and oxygen atoms in total. The van der Waals surface area contributed by atoms with Gasteiger partial charge in [0.25, 0.3) is 0 Å². The van der Waals surface area contributed by atoms with Gasteiger partial charge in [-0.05, 0) is 18.6 Å². The molecule has 0 aliphatic rings. The number of rotatable bonds is 1. The van der Waals surface area contributed by atoms with Crippen LogP contribution < -0.4 is 0 Å². The molecule has 1 N–H and O–H groups in total.